The van der Waals surface area contributed by atoms with Crippen molar-refractivity contribution in [2.45, 2.75) is 31.1 Å². The molecule has 2 aromatic rings. The van der Waals surface area contributed by atoms with Crippen molar-refractivity contribution in [2.75, 3.05) is 6.54 Å². The molecular weight excluding hydrogens is 349 g/mol. The van der Waals surface area contributed by atoms with Crippen molar-refractivity contribution in [3.05, 3.63) is 47.7 Å². The number of hydrogen-bond donors (Lipinski definition) is 2. The summed E-state index contributed by atoms with van der Waals surface area (Å²) in [4.78, 5) is 12.3. The number of rotatable bonds is 4. The van der Waals surface area contributed by atoms with Crippen LogP contribution in [-0.4, -0.2) is 24.5 Å². The van der Waals surface area contributed by atoms with E-state index in [2.05, 4.69) is 15.1 Å². The minimum absolute atomic E-state index is 0.161. The number of ether oxygens (including phenoxy) is 1. The third-order valence-electron chi connectivity index (χ3n) is 4.88. The van der Waals surface area contributed by atoms with Gasteiger partial charge in [0.15, 0.2) is 0 Å². The lowest BCUT2D eigenvalue weighted by atomic mass is 10.0. The van der Waals surface area contributed by atoms with Crippen molar-refractivity contribution < 1.29 is 27.1 Å². The molecular formula is C18H17F3N2O3. The lowest BCUT2D eigenvalue weighted by Gasteiger charge is -2.23. The number of amides is 1. The first-order valence-corrected chi connectivity index (χ1v) is 8.38. The van der Waals surface area contributed by atoms with Gasteiger partial charge in [-0.15, -0.1) is 0 Å². The second kappa shape index (κ2) is 6.35. The molecule has 1 saturated heterocycles. The first kappa shape index (κ1) is 17.0. The van der Waals surface area contributed by atoms with Crippen LogP contribution in [0.5, 0.6) is 11.7 Å². The van der Waals surface area contributed by atoms with Gasteiger partial charge in [-0.05, 0) is 49.1 Å². The Morgan fingerprint density at radius 2 is 1.92 bits per heavy atom. The fourth-order valence-corrected chi connectivity index (χ4v) is 3.58. The van der Waals surface area contributed by atoms with Gasteiger partial charge in [-0.1, -0.05) is 0 Å². The lowest BCUT2D eigenvalue weighted by Crippen LogP contribution is -2.44. The van der Waals surface area contributed by atoms with Crippen LogP contribution in [0.1, 0.15) is 29.0 Å². The molecule has 3 atom stereocenters. The molecule has 4 rings (SSSR count). The first-order valence-electron chi connectivity index (χ1n) is 8.38. The Kier molecular flexibility index (Phi) is 4.14. The van der Waals surface area contributed by atoms with Gasteiger partial charge in [-0.25, -0.2) is 0 Å². The van der Waals surface area contributed by atoms with Gasteiger partial charge in [0.2, 0.25) is 5.76 Å². The Balaban J connectivity index is 1.37. The Morgan fingerprint density at radius 3 is 2.50 bits per heavy atom. The van der Waals surface area contributed by atoms with E-state index in [9.17, 15) is 18.0 Å². The number of halogens is 3. The number of alkyl halides is 3. The van der Waals surface area contributed by atoms with Gasteiger partial charge in [-0.3, -0.25) is 4.79 Å². The zero-order valence-corrected chi connectivity index (χ0v) is 13.7. The van der Waals surface area contributed by atoms with Gasteiger partial charge in [0.25, 0.3) is 11.9 Å². The fraction of sp³-hybridized carbons (Fsp3) is 0.389. The van der Waals surface area contributed by atoms with Crippen molar-refractivity contribution >= 4 is 5.91 Å². The van der Waals surface area contributed by atoms with Gasteiger partial charge in [-0.2, -0.15) is 13.2 Å². The van der Waals surface area contributed by atoms with E-state index >= 15 is 0 Å². The van der Waals surface area contributed by atoms with Gasteiger partial charge in [0.05, 0.1) is 0 Å². The molecule has 3 unspecified atom stereocenters. The van der Waals surface area contributed by atoms with Gasteiger partial charge in [0, 0.05) is 30.3 Å². The number of benzene rings is 1. The molecule has 0 spiro atoms. The Labute approximate surface area is 147 Å². The highest BCUT2D eigenvalue weighted by atomic mass is 19.4. The van der Waals surface area contributed by atoms with Crippen LogP contribution in [0.25, 0.3) is 0 Å². The van der Waals surface area contributed by atoms with Crippen molar-refractivity contribution in [3.63, 3.8) is 0 Å². The number of carbonyl (C=O) groups excluding carboxylic acids is 1. The summed E-state index contributed by atoms with van der Waals surface area (Å²) in [5.74, 6) is -0.776. The maximum atomic E-state index is 12.5. The molecule has 2 fully saturated rings. The highest BCUT2D eigenvalue weighted by Gasteiger charge is 2.40. The fourth-order valence-electron chi connectivity index (χ4n) is 3.58. The second-order valence-electron chi connectivity index (χ2n) is 6.66. The standard InChI is InChI=1S/C18H17F3N2O3/c19-18(20,21)15-5-6-16(26-15)25-13-3-1-10(2-4-13)17(24)23-14-8-12-7-11(14)9-22-12/h1-6,11-12,14,22H,7-9H2,(H,23,24). The molecule has 1 aromatic carbocycles. The maximum Gasteiger partial charge on any atom is 0.449 e. The molecule has 1 amide bonds. The maximum absolute atomic E-state index is 12.5. The van der Waals surface area contributed by atoms with E-state index in [0.717, 1.165) is 31.5 Å². The van der Waals surface area contributed by atoms with E-state index in [1.54, 1.807) is 12.1 Å². The topological polar surface area (TPSA) is 63.5 Å². The molecule has 2 aliphatic rings. The number of fused-ring (bicyclic) bond motifs is 2. The molecule has 1 aromatic heterocycles. The predicted octanol–water partition coefficient (Wildman–Crippen LogP) is 3.57. The summed E-state index contributed by atoms with van der Waals surface area (Å²) in [5.41, 5.74) is 0.475. The summed E-state index contributed by atoms with van der Waals surface area (Å²) in [6.07, 6.45) is -2.52. The molecule has 5 nitrogen and oxygen atoms in total. The minimum Gasteiger partial charge on any atom is -0.426 e. The SMILES string of the molecule is O=C(NC1CC2CC1CN2)c1ccc(Oc2ccc(C(F)(F)F)o2)cc1. The molecule has 1 saturated carbocycles. The average molecular weight is 366 g/mol. The van der Waals surface area contributed by atoms with Crippen LogP contribution in [0.2, 0.25) is 0 Å². The third kappa shape index (κ3) is 3.41. The minimum atomic E-state index is -4.56. The highest BCUT2D eigenvalue weighted by Crippen LogP contribution is 2.34. The van der Waals surface area contributed by atoms with E-state index in [-0.39, 0.29) is 23.6 Å². The van der Waals surface area contributed by atoms with Crippen LogP contribution in [0.3, 0.4) is 0 Å². The molecule has 2 N–H and O–H groups in total. The van der Waals surface area contributed by atoms with Crippen molar-refractivity contribution in [2.24, 2.45) is 5.92 Å². The monoisotopic (exact) mass is 366 g/mol. The molecule has 1 aliphatic heterocycles. The summed E-state index contributed by atoms with van der Waals surface area (Å²) >= 11 is 0. The third-order valence-corrected chi connectivity index (χ3v) is 4.88. The van der Waals surface area contributed by atoms with Crippen LogP contribution in [0.4, 0.5) is 13.2 Å². The molecule has 26 heavy (non-hydrogen) atoms. The van der Waals surface area contributed by atoms with E-state index in [4.69, 9.17) is 4.74 Å². The largest absolute Gasteiger partial charge is 0.449 e. The summed E-state index contributed by atoms with van der Waals surface area (Å²) in [6.45, 7) is 0.936. The molecule has 8 heteroatoms. The summed E-state index contributed by atoms with van der Waals surface area (Å²) in [6, 6.07) is 8.78. The van der Waals surface area contributed by atoms with Crippen LogP contribution in [-0.2, 0) is 6.18 Å². The molecule has 2 bridgehead atoms. The van der Waals surface area contributed by atoms with E-state index in [1.807, 2.05) is 0 Å². The number of carbonyl (C=O) groups is 1. The highest BCUT2D eigenvalue weighted by molar-refractivity contribution is 5.94. The molecule has 138 valence electrons. The number of furan rings is 1. The number of hydrogen-bond acceptors (Lipinski definition) is 4. The zero-order chi connectivity index (χ0) is 18.3. The summed E-state index contributed by atoms with van der Waals surface area (Å²) in [7, 11) is 0. The summed E-state index contributed by atoms with van der Waals surface area (Å²) < 4.78 is 47.4. The lowest BCUT2D eigenvalue weighted by molar-refractivity contribution is -0.153. The van der Waals surface area contributed by atoms with Crippen molar-refractivity contribution in [1.82, 2.24) is 10.6 Å². The van der Waals surface area contributed by atoms with Crippen LogP contribution in [0.15, 0.2) is 40.8 Å². The normalized spacial score (nSPS) is 24.7. The van der Waals surface area contributed by atoms with E-state index < -0.39 is 11.9 Å². The summed E-state index contributed by atoms with van der Waals surface area (Å²) in [5, 5.41) is 6.45. The van der Waals surface area contributed by atoms with E-state index in [0.29, 0.717) is 17.5 Å². The second-order valence-corrected chi connectivity index (χ2v) is 6.66. The van der Waals surface area contributed by atoms with Crippen LogP contribution >= 0.6 is 0 Å². The van der Waals surface area contributed by atoms with E-state index in [1.165, 1.54) is 12.1 Å². The average Bonchev–Trinajstić information content (AvgIpc) is 3.31. The van der Waals surface area contributed by atoms with Gasteiger partial charge in [0.1, 0.15) is 5.75 Å². The molecule has 0 radical (unpaired) electrons. The smallest absolute Gasteiger partial charge is 0.426 e. The Morgan fingerprint density at radius 1 is 1.15 bits per heavy atom. The van der Waals surface area contributed by atoms with Gasteiger partial charge < -0.3 is 19.8 Å². The quantitative estimate of drug-likeness (QED) is 0.868. The van der Waals surface area contributed by atoms with Gasteiger partial charge >= 0.3 is 6.18 Å². The predicted molar refractivity (Wildman–Crippen MR) is 86.0 cm³/mol. The van der Waals surface area contributed by atoms with Crippen LogP contribution in [0, 0.1) is 5.92 Å². The van der Waals surface area contributed by atoms with Crippen LogP contribution < -0.4 is 15.4 Å². The molecule has 1 aliphatic carbocycles. The number of nitrogens with one attached hydrogen (secondary N) is 2. The zero-order valence-electron chi connectivity index (χ0n) is 13.7. The molecule has 2 heterocycles. The first-order chi connectivity index (χ1) is 12.4. The number of piperidine rings is 1. The van der Waals surface area contributed by atoms with Crippen molar-refractivity contribution in [1.29, 1.82) is 0 Å². The Hall–Kier alpha value is -2.48. The Bertz CT molecular complexity index is 801. The van der Waals surface area contributed by atoms with Crippen molar-refractivity contribution in [3.8, 4) is 11.7 Å².